The van der Waals surface area contributed by atoms with Crippen molar-refractivity contribution in [2.24, 2.45) is 0 Å². The number of hydrogen-bond acceptors (Lipinski definition) is 4. The first-order valence-electron chi connectivity index (χ1n) is 10.9. The van der Waals surface area contributed by atoms with E-state index in [4.69, 9.17) is 4.74 Å². The second-order valence-corrected chi connectivity index (χ2v) is 8.49. The lowest BCUT2D eigenvalue weighted by Crippen LogP contribution is -2.63. The molecular formula is C25H27N3O3. The Kier molecular flexibility index (Phi) is 5.34. The van der Waals surface area contributed by atoms with Crippen LogP contribution in [0.2, 0.25) is 0 Å². The van der Waals surface area contributed by atoms with Gasteiger partial charge in [-0.1, -0.05) is 48.0 Å². The van der Waals surface area contributed by atoms with Gasteiger partial charge in [-0.05, 0) is 44.0 Å². The molecule has 1 fully saturated rings. The number of ether oxygens (including phenoxy) is 1. The van der Waals surface area contributed by atoms with E-state index in [-0.39, 0.29) is 30.6 Å². The maximum Gasteiger partial charge on any atom is 0.259 e. The van der Waals surface area contributed by atoms with E-state index >= 15 is 0 Å². The molecule has 0 radical (unpaired) electrons. The summed E-state index contributed by atoms with van der Waals surface area (Å²) in [5.41, 5.74) is 4.10. The van der Waals surface area contributed by atoms with Crippen molar-refractivity contribution in [3.63, 3.8) is 0 Å². The number of benzene rings is 2. The van der Waals surface area contributed by atoms with Crippen molar-refractivity contribution in [2.45, 2.75) is 38.5 Å². The number of carbonyl (C=O) groups is 2. The van der Waals surface area contributed by atoms with Crippen LogP contribution in [0.15, 0.2) is 65.9 Å². The van der Waals surface area contributed by atoms with E-state index in [0.717, 1.165) is 36.2 Å². The zero-order chi connectivity index (χ0) is 21.4. The van der Waals surface area contributed by atoms with Crippen LogP contribution in [-0.2, 0) is 16.1 Å². The number of carbonyl (C=O) groups excluding carboxylic acids is 2. The second-order valence-electron chi connectivity index (χ2n) is 8.49. The molecule has 2 aromatic rings. The average Bonchev–Trinajstić information content (AvgIpc) is 3.48. The van der Waals surface area contributed by atoms with Crippen molar-refractivity contribution in [3.8, 4) is 0 Å². The summed E-state index contributed by atoms with van der Waals surface area (Å²) in [7, 11) is 0. The van der Waals surface area contributed by atoms with E-state index in [1.165, 1.54) is 0 Å². The van der Waals surface area contributed by atoms with E-state index < -0.39 is 0 Å². The molecule has 160 valence electrons. The van der Waals surface area contributed by atoms with Crippen LogP contribution in [0.3, 0.4) is 0 Å². The first-order chi connectivity index (χ1) is 15.1. The van der Waals surface area contributed by atoms with Crippen LogP contribution in [0.4, 0.5) is 0 Å². The van der Waals surface area contributed by atoms with Gasteiger partial charge in [0.2, 0.25) is 0 Å². The summed E-state index contributed by atoms with van der Waals surface area (Å²) in [5, 5.41) is 3.54. The van der Waals surface area contributed by atoms with E-state index in [0.29, 0.717) is 24.3 Å². The Balaban J connectivity index is 1.59. The molecule has 31 heavy (non-hydrogen) atoms. The molecule has 6 heteroatoms. The second kappa shape index (κ2) is 8.29. The van der Waals surface area contributed by atoms with Crippen LogP contribution in [0.5, 0.6) is 0 Å². The molecule has 5 rings (SSSR count). The van der Waals surface area contributed by atoms with Gasteiger partial charge in [0, 0.05) is 18.2 Å². The lowest BCUT2D eigenvalue weighted by molar-refractivity contribution is -0.136. The van der Waals surface area contributed by atoms with Gasteiger partial charge in [-0.3, -0.25) is 14.5 Å². The number of rotatable bonds is 4. The molecule has 6 nitrogen and oxygen atoms in total. The molecule has 2 aromatic carbocycles. The van der Waals surface area contributed by atoms with Crippen molar-refractivity contribution in [3.05, 3.63) is 82.6 Å². The van der Waals surface area contributed by atoms with Gasteiger partial charge in [0.25, 0.3) is 11.8 Å². The molecule has 0 bridgehead atoms. The van der Waals surface area contributed by atoms with Crippen molar-refractivity contribution < 1.29 is 14.3 Å². The first-order valence-corrected chi connectivity index (χ1v) is 10.9. The van der Waals surface area contributed by atoms with Crippen molar-refractivity contribution >= 4 is 11.8 Å². The van der Waals surface area contributed by atoms with Crippen molar-refractivity contribution in [2.75, 3.05) is 19.8 Å². The minimum atomic E-state index is -0.385. The Bertz CT molecular complexity index is 1010. The maximum atomic E-state index is 13.8. The summed E-state index contributed by atoms with van der Waals surface area (Å²) in [5.74, 6) is -0.106. The van der Waals surface area contributed by atoms with Gasteiger partial charge in [-0.15, -0.1) is 0 Å². The minimum absolute atomic E-state index is 0.0247. The van der Waals surface area contributed by atoms with Crippen LogP contribution in [0.25, 0.3) is 0 Å². The van der Waals surface area contributed by atoms with Crippen molar-refractivity contribution in [1.82, 2.24) is 15.1 Å². The summed E-state index contributed by atoms with van der Waals surface area (Å²) < 4.78 is 5.67. The third-order valence-corrected chi connectivity index (χ3v) is 6.40. The Morgan fingerprint density at radius 1 is 1.10 bits per heavy atom. The highest BCUT2D eigenvalue weighted by atomic mass is 16.5. The SMILES string of the molecule is Cc1ccc(C(=O)N2C3=C(COC3)C(=O)N(Cc3ccccc3)C2C2CCCN2)cc1. The van der Waals surface area contributed by atoms with Crippen LogP contribution in [0, 0.1) is 6.92 Å². The number of aryl methyl sites for hydroxylation is 1. The zero-order valence-corrected chi connectivity index (χ0v) is 17.7. The standard InChI is InChI=1S/C25H27N3O3/c1-17-9-11-19(12-10-17)24(29)28-22-16-31-15-20(22)25(30)27(14-18-6-3-2-4-7-18)23(28)21-8-5-13-26-21/h2-4,6-7,9-12,21,23,26H,5,8,13-16H2,1H3. The van der Waals surface area contributed by atoms with Crippen LogP contribution < -0.4 is 5.32 Å². The number of amides is 2. The zero-order valence-electron chi connectivity index (χ0n) is 17.7. The highest BCUT2D eigenvalue weighted by Crippen LogP contribution is 2.35. The molecule has 1 N–H and O–H groups in total. The van der Waals surface area contributed by atoms with E-state index in [2.05, 4.69) is 5.32 Å². The van der Waals surface area contributed by atoms with Crippen LogP contribution in [-0.4, -0.2) is 53.6 Å². The van der Waals surface area contributed by atoms with E-state index in [9.17, 15) is 9.59 Å². The Morgan fingerprint density at radius 3 is 2.58 bits per heavy atom. The molecule has 3 aliphatic rings. The van der Waals surface area contributed by atoms with Crippen LogP contribution >= 0.6 is 0 Å². The van der Waals surface area contributed by atoms with Gasteiger partial charge in [-0.25, -0.2) is 0 Å². The Morgan fingerprint density at radius 2 is 1.87 bits per heavy atom. The van der Waals surface area contributed by atoms with Gasteiger partial charge in [0.05, 0.1) is 24.5 Å². The number of nitrogens with one attached hydrogen (secondary N) is 1. The van der Waals surface area contributed by atoms with Crippen molar-refractivity contribution in [1.29, 1.82) is 0 Å². The monoisotopic (exact) mass is 417 g/mol. The number of nitrogens with zero attached hydrogens (tertiary/aromatic N) is 2. The first kappa shape index (κ1) is 20.0. The third kappa shape index (κ3) is 3.66. The normalized spacial score (nSPS) is 23.5. The molecule has 0 aromatic heterocycles. The molecule has 2 amide bonds. The van der Waals surface area contributed by atoms with Gasteiger partial charge in [0.15, 0.2) is 0 Å². The molecule has 2 atom stereocenters. The summed E-state index contributed by atoms with van der Waals surface area (Å²) >= 11 is 0. The Hall–Kier alpha value is -2.96. The lowest BCUT2D eigenvalue weighted by Gasteiger charge is -2.46. The van der Waals surface area contributed by atoms with E-state index in [1.54, 1.807) is 0 Å². The fourth-order valence-corrected chi connectivity index (χ4v) is 4.80. The quantitative estimate of drug-likeness (QED) is 0.831. The molecule has 3 aliphatic heterocycles. The Labute approximate surface area is 182 Å². The summed E-state index contributed by atoms with van der Waals surface area (Å²) in [6.45, 7) is 3.90. The molecule has 0 spiro atoms. The minimum Gasteiger partial charge on any atom is -0.370 e. The lowest BCUT2D eigenvalue weighted by atomic mass is 9.99. The molecule has 2 unspecified atom stereocenters. The van der Waals surface area contributed by atoms with Gasteiger partial charge in [-0.2, -0.15) is 0 Å². The molecular weight excluding hydrogens is 390 g/mol. The summed E-state index contributed by atoms with van der Waals surface area (Å²) in [4.78, 5) is 31.0. The fraction of sp³-hybridized carbons (Fsp3) is 0.360. The largest absolute Gasteiger partial charge is 0.370 e. The predicted octanol–water partition coefficient (Wildman–Crippen LogP) is 2.84. The van der Waals surface area contributed by atoms with Gasteiger partial charge in [0.1, 0.15) is 6.17 Å². The summed E-state index contributed by atoms with van der Waals surface area (Å²) in [6, 6.07) is 17.6. The topological polar surface area (TPSA) is 61.9 Å². The van der Waals surface area contributed by atoms with E-state index in [1.807, 2.05) is 71.3 Å². The third-order valence-electron chi connectivity index (χ3n) is 6.40. The highest BCUT2D eigenvalue weighted by molar-refractivity contribution is 6.01. The molecule has 3 heterocycles. The fourth-order valence-electron chi connectivity index (χ4n) is 4.80. The van der Waals surface area contributed by atoms with Gasteiger partial charge >= 0.3 is 0 Å². The van der Waals surface area contributed by atoms with Gasteiger partial charge < -0.3 is 15.0 Å². The smallest absolute Gasteiger partial charge is 0.259 e. The number of hydrogen-bond donors (Lipinski definition) is 1. The predicted molar refractivity (Wildman–Crippen MR) is 117 cm³/mol. The molecule has 1 saturated heterocycles. The average molecular weight is 418 g/mol. The summed E-state index contributed by atoms with van der Waals surface area (Å²) in [6.07, 6.45) is 1.57. The van der Waals surface area contributed by atoms with Crippen LogP contribution in [0.1, 0.15) is 34.3 Å². The highest BCUT2D eigenvalue weighted by Gasteiger charge is 2.48. The molecule has 0 saturated carbocycles. The maximum absolute atomic E-state index is 13.8. The molecule has 0 aliphatic carbocycles.